The molecule has 0 aliphatic carbocycles. The molecule has 0 spiro atoms. The van der Waals surface area contributed by atoms with Crippen LogP contribution < -0.4 is 0 Å². The normalized spacial score (nSPS) is 25.5. The highest BCUT2D eigenvalue weighted by Gasteiger charge is 2.34. The summed E-state index contributed by atoms with van der Waals surface area (Å²) in [5.74, 6) is -0.511. The van der Waals surface area contributed by atoms with Crippen molar-refractivity contribution in [2.75, 3.05) is 13.1 Å². The monoisotopic (exact) mass is 248 g/mol. The molecule has 1 atom stereocenters. The number of hydrogen-bond donors (Lipinski definition) is 0. The third-order valence-corrected chi connectivity index (χ3v) is 2.94. The van der Waals surface area contributed by atoms with Crippen molar-refractivity contribution in [3.05, 3.63) is 0 Å². The first-order valence-corrected chi connectivity index (χ1v) is 5.51. The highest BCUT2D eigenvalue weighted by atomic mass is 19.4. The van der Waals surface area contributed by atoms with Crippen LogP contribution in [-0.4, -0.2) is 30.1 Å². The quantitative estimate of drug-likeness (QED) is 0.753. The Bertz CT molecular complexity index is 335. The Morgan fingerprint density at radius 3 is 2.71 bits per heavy atom. The van der Waals surface area contributed by atoms with E-state index in [1.165, 1.54) is 4.90 Å². The maximum atomic E-state index is 12.0. The van der Waals surface area contributed by atoms with Crippen LogP contribution in [0, 0.1) is 16.7 Å². The van der Waals surface area contributed by atoms with E-state index in [1.807, 2.05) is 0 Å². The molecule has 0 N–H and O–H groups in total. The van der Waals surface area contributed by atoms with Crippen molar-refractivity contribution in [1.29, 1.82) is 5.26 Å². The van der Waals surface area contributed by atoms with Crippen LogP contribution >= 0.6 is 0 Å². The summed E-state index contributed by atoms with van der Waals surface area (Å²) in [5.41, 5.74) is -0.619. The molecule has 0 radical (unpaired) electrons. The van der Waals surface area contributed by atoms with Crippen LogP contribution in [0.5, 0.6) is 0 Å². The third kappa shape index (κ3) is 4.25. The van der Waals surface area contributed by atoms with E-state index in [1.54, 1.807) is 6.92 Å². The minimum atomic E-state index is -4.30. The number of alkyl halides is 3. The summed E-state index contributed by atoms with van der Waals surface area (Å²) >= 11 is 0. The molecule has 3 nitrogen and oxygen atoms in total. The number of nitriles is 1. The molecule has 6 heteroatoms. The van der Waals surface area contributed by atoms with Gasteiger partial charge in [0.1, 0.15) is 0 Å². The predicted molar refractivity (Wildman–Crippen MR) is 54.8 cm³/mol. The molecule has 96 valence electrons. The lowest BCUT2D eigenvalue weighted by Gasteiger charge is -2.36. The molecule has 0 bridgehead atoms. The lowest BCUT2D eigenvalue weighted by atomic mass is 9.83. The summed E-state index contributed by atoms with van der Waals surface area (Å²) in [4.78, 5) is 12.9. The highest BCUT2D eigenvalue weighted by molar-refractivity contribution is 5.76. The molecule has 1 amide bonds. The Labute approximate surface area is 98.2 Å². The average Bonchev–Trinajstić information content (AvgIpc) is 2.25. The van der Waals surface area contributed by atoms with Crippen LogP contribution in [-0.2, 0) is 4.79 Å². The van der Waals surface area contributed by atoms with Crippen molar-refractivity contribution in [3.8, 4) is 6.07 Å². The van der Waals surface area contributed by atoms with Crippen molar-refractivity contribution < 1.29 is 18.0 Å². The van der Waals surface area contributed by atoms with Gasteiger partial charge in [0.2, 0.25) is 5.91 Å². The Morgan fingerprint density at radius 2 is 2.18 bits per heavy atom. The lowest BCUT2D eigenvalue weighted by molar-refractivity contribution is -0.150. The number of amides is 1. The first-order chi connectivity index (χ1) is 7.76. The second-order valence-corrected chi connectivity index (χ2v) is 4.71. The van der Waals surface area contributed by atoms with Crippen molar-refractivity contribution in [2.24, 2.45) is 5.41 Å². The van der Waals surface area contributed by atoms with E-state index in [4.69, 9.17) is 5.26 Å². The number of carbonyl (C=O) groups is 1. The SMILES string of the molecule is CC1(C#N)CCCN(C(=O)CCC(F)(F)F)C1. The summed E-state index contributed by atoms with van der Waals surface area (Å²) in [6.07, 6.45) is -4.56. The van der Waals surface area contributed by atoms with Gasteiger partial charge in [-0.3, -0.25) is 4.79 Å². The minimum Gasteiger partial charge on any atom is -0.341 e. The fourth-order valence-corrected chi connectivity index (χ4v) is 1.95. The zero-order chi connectivity index (χ0) is 13.1. The van der Waals surface area contributed by atoms with Crippen LogP contribution in [0.1, 0.15) is 32.6 Å². The number of hydrogen-bond acceptors (Lipinski definition) is 2. The van der Waals surface area contributed by atoms with Gasteiger partial charge in [0.05, 0.1) is 17.9 Å². The molecule has 0 aromatic heterocycles. The third-order valence-electron chi connectivity index (χ3n) is 2.94. The van der Waals surface area contributed by atoms with Gasteiger partial charge in [-0.25, -0.2) is 0 Å². The minimum absolute atomic E-state index is 0.236. The predicted octanol–water partition coefficient (Wildman–Crippen LogP) is 2.48. The van der Waals surface area contributed by atoms with Gasteiger partial charge in [-0.2, -0.15) is 18.4 Å². The van der Waals surface area contributed by atoms with E-state index < -0.39 is 30.3 Å². The standard InChI is InChI=1S/C11H15F3N2O/c1-10(7-15)4-2-6-16(8-10)9(17)3-5-11(12,13)14/h2-6,8H2,1H3. The smallest absolute Gasteiger partial charge is 0.341 e. The molecular weight excluding hydrogens is 233 g/mol. The second-order valence-electron chi connectivity index (χ2n) is 4.71. The Kier molecular flexibility index (Phi) is 4.02. The zero-order valence-corrected chi connectivity index (χ0v) is 9.68. The molecule has 1 heterocycles. The summed E-state index contributed by atoms with van der Waals surface area (Å²) in [6, 6.07) is 2.12. The molecule has 0 saturated carbocycles. The molecular formula is C11H15F3N2O. The van der Waals surface area contributed by atoms with E-state index in [0.717, 1.165) is 0 Å². The van der Waals surface area contributed by atoms with Crippen molar-refractivity contribution >= 4 is 5.91 Å². The number of piperidine rings is 1. The van der Waals surface area contributed by atoms with Gasteiger partial charge in [0.25, 0.3) is 0 Å². The van der Waals surface area contributed by atoms with E-state index in [2.05, 4.69) is 6.07 Å². The van der Waals surface area contributed by atoms with Crippen LogP contribution in [0.25, 0.3) is 0 Å². The van der Waals surface area contributed by atoms with Gasteiger partial charge in [0, 0.05) is 19.5 Å². The average molecular weight is 248 g/mol. The lowest BCUT2D eigenvalue weighted by Crippen LogP contribution is -2.44. The number of likely N-dealkylation sites (tertiary alicyclic amines) is 1. The van der Waals surface area contributed by atoms with Crippen molar-refractivity contribution in [1.82, 2.24) is 4.90 Å². The van der Waals surface area contributed by atoms with Gasteiger partial charge in [-0.15, -0.1) is 0 Å². The zero-order valence-electron chi connectivity index (χ0n) is 9.68. The number of rotatable bonds is 2. The van der Waals surface area contributed by atoms with Gasteiger partial charge in [-0.05, 0) is 19.8 Å². The van der Waals surface area contributed by atoms with Gasteiger partial charge in [-0.1, -0.05) is 0 Å². The fraction of sp³-hybridized carbons (Fsp3) is 0.818. The van der Waals surface area contributed by atoms with Crippen molar-refractivity contribution in [3.63, 3.8) is 0 Å². The maximum Gasteiger partial charge on any atom is 0.389 e. The van der Waals surface area contributed by atoms with Gasteiger partial charge in [0.15, 0.2) is 0 Å². The molecule has 0 aromatic rings. The van der Waals surface area contributed by atoms with Gasteiger partial charge >= 0.3 is 6.18 Å². The summed E-state index contributed by atoms with van der Waals surface area (Å²) in [7, 11) is 0. The molecule has 17 heavy (non-hydrogen) atoms. The number of carbonyl (C=O) groups excluding carboxylic acids is 1. The first-order valence-electron chi connectivity index (χ1n) is 5.51. The summed E-state index contributed by atoms with van der Waals surface area (Å²) in [6.45, 7) is 2.42. The molecule has 1 aliphatic heterocycles. The van der Waals surface area contributed by atoms with E-state index in [-0.39, 0.29) is 6.54 Å². The second kappa shape index (κ2) is 4.94. The topological polar surface area (TPSA) is 44.1 Å². The largest absolute Gasteiger partial charge is 0.389 e. The first kappa shape index (κ1) is 13.8. The molecule has 1 fully saturated rings. The molecule has 1 unspecified atom stereocenters. The van der Waals surface area contributed by atoms with E-state index in [0.29, 0.717) is 19.4 Å². The van der Waals surface area contributed by atoms with E-state index in [9.17, 15) is 18.0 Å². The summed E-state index contributed by atoms with van der Waals surface area (Å²) in [5, 5.41) is 8.94. The van der Waals surface area contributed by atoms with Gasteiger partial charge < -0.3 is 4.90 Å². The Hall–Kier alpha value is -1.25. The summed E-state index contributed by atoms with van der Waals surface area (Å²) < 4.78 is 35.9. The molecule has 1 aliphatic rings. The fourth-order valence-electron chi connectivity index (χ4n) is 1.95. The highest BCUT2D eigenvalue weighted by Crippen LogP contribution is 2.29. The van der Waals surface area contributed by atoms with E-state index >= 15 is 0 Å². The number of nitrogens with zero attached hydrogens (tertiary/aromatic N) is 2. The maximum absolute atomic E-state index is 12.0. The van der Waals surface area contributed by atoms with Crippen molar-refractivity contribution in [2.45, 2.75) is 38.8 Å². The van der Waals surface area contributed by atoms with Crippen LogP contribution in [0.4, 0.5) is 13.2 Å². The molecule has 1 rings (SSSR count). The molecule has 1 saturated heterocycles. The Morgan fingerprint density at radius 1 is 1.53 bits per heavy atom. The van der Waals surface area contributed by atoms with Crippen LogP contribution in [0.2, 0.25) is 0 Å². The Balaban J connectivity index is 2.51. The molecule has 0 aromatic carbocycles. The number of halogens is 3. The van der Waals surface area contributed by atoms with Crippen LogP contribution in [0.3, 0.4) is 0 Å². The van der Waals surface area contributed by atoms with Crippen LogP contribution in [0.15, 0.2) is 0 Å².